The summed E-state index contributed by atoms with van der Waals surface area (Å²) in [6.07, 6.45) is 4.08. The number of hydrogen-bond donors (Lipinski definition) is 2. The van der Waals surface area contributed by atoms with E-state index in [-0.39, 0.29) is 23.5 Å². The lowest BCUT2D eigenvalue weighted by Gasteiger charge is -2.34. The van der Waals surface area contributed by atoms with E-state index in [4.69, 9.17) is 21.4 Å². The van der Waals surface area contributed by atoms with Crippen LogP contribution >= 0.6 is 11.6 Å². The Bertz CT molecular complexity index is 1480. The van der Waals surface area contributed by atoms with Gasteiger partial charge in [-0.15, -0.1) is 5.10 Å². The summed E-state index contributed by atoms with van der Waals surface area (Å²) < 4.78 is 7.62. The number of ether oxygens (including phenoxy) is 1. The maximum atomic E-state index is 13.7. The van der Waals surface area contributed by atoms with E-state index >= 15 is 0 Å². The van der Waals surface area contributed by atoms with Crippen LogP contribution in [0.3, 0.4) is 0 Å². The first kappa shape index (κ1) is 26.2. The first-order chi connectivity index (χ1) is 18.8. The van der Waals surface area contributed by atoms with E-state index in [1.807, 2.05) is 0 Å². The number of anilines is 1. The fraction of sp³-hybridized carbons (Fsp3) is 0.333. The zero-order valence-corrected chi connectivity index (χ0v) is 21.9. The van der Waals surface area contributed by atoms with Crippen LogP contribution in [-0.2, 0) is 11.8 Å². The van der Waals surface area contributed by atoms with Crippen molar-refractivity contribution in [1.82, 2.24) is 45.3 Å². The van der Waals surface area contributed by atoms with E-state index < -0.39 is 12.4 Å². The molecule has 0 saturated carbocycles. The van der Waals surface area contributed by atoms with Gasteiger partial charge in [0.25, 0.3) is 5.91 Å². The number of hydrogen-bond acceptors (Lipinski definition) is 10. The smallest absolute Gasteiger partial charge is 0.450 e. The highest BCUT2D eigenvalue weighted by Crippen LogP contribution is 2.32. The number of pyridine rings is 2. The molecule has 0 aromatic carbocycles. The van der Waals surface area contributed by atoms with Crippen LogP contribution in [0, 0.1) is 0 Å². The Morgan fingerprint density at radius 2 is 2.10 bits per heavy atom. The molecule has 2 atom stereocenters. The number of amides is 1. The minimum Gasteiger partial charge on any atom is -0.450 e. The van der Waals surface area contributed by atoms with Crippen molar-refractivity contribution >= 4 is 29.5 Å². The van der Waals surface area contributed by atoms with Crippen molar-refractivity contribution in [3.63, 3.8) is 0 Å². The molecule has 0 spiro atoms. The Labute approximate surface area is 227 Å². The fourth-order valence-electron chi connectivity index (χ4n) is 4.55. The molecule has 0 unspecified atom stereocenters. The molecule has 1 fully saturated rings. The van der Waals surface area contributed by atoms with Gasteiger partial charge in [-0.1, -0.05) is 17.7 Å². The number of aromatic nitrogens is 8. The number of carbonyl (C=O) groups excluding carboxylic acids is 1. The molecule has 4 aromatic rings. The van der Waals surface area contributed by atoms with Crippen LogP contribution in [0.25, 0.3) is 22.6 Å². The molecule has 202 valence electrons. The lowest BCUT2D eigenvalue weighted by molar-refractivity contribution is 0.0219. The second kappa shape index (κ2) is 11.1. The maximum absolute atomic E-state index is 13.7. The molecule has 1 saturated heterocycles. The molecule has 1 aliphatic heterocycles. The van der Waals surface area contributed by atoms with Crippen LogP contribution in [-0.4, -0.2) is 76.3 Å². The summed E-state index contributed by atoms with van der Waals surface area (Å²) in [6.45, 7) is 3.02. The molecule has 1 aliphatic rings. The number of nitrogens with zero attached hydrogens (tertiary/aromatic N) is 9. The van der Waals surface area contributed by atoms with Crippen LogP contribution in [0.5, 0.6) is 0 Å². The molecule has 0 radical (unpaired) electrons. The van der Waals surface area contributed by atoms with Gasteiger partial charge in [0.2, 0.25) is 5.82 Å². The normalized spacial score (nSPS) is 16.0. The first-order valence-corrected chi connectivity index (χ1v) is 12.5. The predicted molar refractivity (Wildman–Crippen MR) is 139 cm³/mol. The summed E-state index contributed by atoms with van der Waals surface area (Å²) in [5.41, 5.74) is 2.02. The summed E-state index contributed by atoms with van der Waals surface area (Å²) >= 11 is 6.44. The molecule has 5 rings (SSSR count). The second-order valence-corrected chi connectivity index (χ2v) is 9.28. The molecule has 14 nitrogen and oxygen atoms in total. The highest BCUT2D eigenvalue weighted by Gasteiger charge is 2.31. The third-order valence-corrected chi connectivity index (χ3v) is 6.67. The molecule has 5 heterocycles. The van der Waals surface area contributed by atoms with Crippen molar-refractivity contribution in [2.45, 2.75) is 32.0 Å². The first-order valence-electron chi connectivity index (χ1n) is 12.2. The Morgan fingerprint density at radius 1 is 1.26 bits per heavy atom. The van der Waals surface area contributed by atoms with Gasteiger partial charge in [-0.05, 0) is 54.9 Å². The quantitative estimate of drug-likeness (QED) is 0.323. The van der Waals surface area contributed by atoms with Crippen LogP contribution in [0.15, 0.2) is 42.9 Å². The van der Waals surface area contributed by atoms with E-state index in [2.05, 4.69) is 35.9 Å². The minimum atomic E-state index is -1.45. The van der Waals surface area contributed by atoms with Gasteiger partial charge in [0.05, 0.1) is 17.3 Å². The summed E-state index contributed by atoms with van der Waals surface area (Å²) in [4.78, 5) is 35.2. The van der Waals surface area contributed by atoms with E-state index in [1.54, 1.807) is 59.5 Å². The number of aryl methyl sites for hydroxylation is 1. The molecule has 39 heavy (non-hydrogen) atoms. The second-order valence-electron chi connectivity index (χ2n) is 8.88. The fourth-order valence-corrected chi connectivity index (χ4v) is 4.76. The van der Waals surface area contributed by atoms with Crippen molar-refractivity contribution in [3.8, 4) is 22.6 Å². The molecule has 4 aromatic heterocycles. The third-order valence-electron chi connectivity index (χ3n) is 6.37. The molecule has 2 N–H and O–H groups in total. The summed E-state index contributed by atoms with van der Waals surface area (Å²) in [7, 11) is 1.71. The molecule has 0 bridgehead atoms. The van der Waals surface area contributed by atoms with Gasteiger partial charge in [-0.3, -0.25) is 19.4 Å². The van der Waals surface area contributed by atoms with Gasteiger partial charge in [0.15, 0.2) is 12.0 Å². The SMILES string of the molecule is C[C@H](OC(=O)O)n1nnnc1-c1c(-c2ccc(C(=O)N(c3ncccc3Cl)[C@@H]3CCCNC3)nc2)cnn1C. The van der Waals surface area contributed by atoms with Gasteiger partial charge in [0.1, 0.15) is 11.4 Å². The molecule has 1 amide bonds. The molecule has 0 aliphatic carbocycles. The Kier molecular flexibility index (Phi) is 7.47. The lowest BCUT2D eigenvalue weighted by Crippen LogP contribution is -2.49. The zero-order chi connectivity index (χ0) is 27.5. The Balaban J connectivity index is 1.47. The third kappa shape index (κ3) is 5.28. The van der Waals surface area contributed by atoms with Crippen LogP contribution in [0.1, 0.15) is 36.5 Å². The van der Waals surface area contributed by atoms with E-state index in [0.29, 0.717) is 34.2 Å². The number of nitrogens with one attached hydrogen (secondary N) is 1. The summed E-state index contributed by atoms with van der Waals surface area (Å²) in [5, 5.41) is 28.6. The van der Waals surface area contributed by atoms with Crippen molar-refractivity contribution in [2.75, 3.05) is 18.0 Å². The zero-order valence-electron chi connectivity index (χ0n) is 21.1. The van der Waals surface area contributed by atoms with Gasteiger partial charge in [-0.2, -0.15) is 9.78 Å². The van der Waals surface area contributed by atoms with Gasteiger partial charge < -0.3 is 15.2 Å². The average Bonchev–Trinajstić information content (AvgIpc) is 3.56. The highest BCUT2D eigenvalue weighted by atomic mass is 35.5. The molecular weight excluding hydrogens is 528 g/mol. The van der Waals surface area contributed by atoms with Crippen LogP contribution < -0.4 is 10.2 Å². The van der Waals surface area contributed by atoms with E-state index in [1.165, 1.54) is 11.6 Å². The monoisotopic (exact) mass is 552 g/mol. The van der Waals surface area contributed by atoms with Crippen molar-refractivity contribution in [1.29, 1.82) is 0 Å². The largest absolute Gasteiger partial charge is 0.507 e. The number of tetrazole rings is 1. The number of carboxylic acid groups (broad SMARTS) is 1. The summed E-state index contributed by atoms with van der Waals surface area (Å²) in [6, 6.07) is 6.68. The number of piperidine rings is 1. The standard InChI is InChI=1S/C24H25ClN10O4/c1-14(39-24(37)38)35-22(30-31-32-35)20-17(13-29-33(20)2)15-7-8-19(28-11-15)23(36)34(16-5-3-9-26-12-16)21-18(25)6-4-10-27-21/h4,6-8,10-11,13-14,16,26H,3,5,9,12H2,1-2H3,(H,37,38)/t14-,16+/m0/s1. The lowest BCUT2D eigenvalue weighted by atomic mass is 10.0. The summed E-state index contributed by atoms with van der Waals surface area (Å²) in [5.74, 6) is 0.327. The van der Waals surface area contributed by atoms with Gasteiger partial charge >= 0.3 is 6.16 Å². The van der Waals surface area contributed by atoms with E-state index in [9.17, 15) is 9.59 Å². The average molecular weight is 553 g/mol. The van der Waals surface area contributed by atoms with Gasteiger partial charge in [0, 0.05) is 37.1 Å². The molecular formula is C24H25ClN10O4. The Morgan fingerprint density at radius 3 is 2.79 bits per heavy atom. The maximum Gasteiger partial charge on any atom is 0.507 e. The van der Waals surface area contributed by atoms with Crippen LogP contribution in [0.4, 0.5) is 10.6 Å². The Hall–Kier alpha value is -4.43. The topological polar surface area (TPSA) is 166 Å². The number of halogens is 1. The van der Waals surface area contributed by atoms with Gasteiger partial charge in [-0.25, -0.2) is 9.78 Å². The van der Waals surface area contributed by atoms with Crippen molar-refractivity contribution < 1.29 is 19.4 Å². The van der Waals surface area contributed by atoms with Crippen molar-refractivity contribution in [3.05, 3.63) is 53.6 Å². The number of carbonyl (C=O) groups is 2. The predicted octanol–water partition coefficient (Wildman–Crippen LogP) is 2.80. The van der Waals surface area contributed by atoms with Crippen molar-refractivity contribution in [2.24, 2.45) is 7.05 Å². The van der Waals surface area contributed by atoms with E-state index in [0.717, 1.165) is 19.4 Å². The molecule has 15 heteroatoms. The minimum absolute atomic E-state index is 0.126. The van der Waals surface area contributed by atoms with Crippen LogP contribution in [0.2, 0.25) is 5.02 Å². The number of rotatable bonds is 7. The highest BCUT2D eigenvalue weighted by molar-refractivity contribution is 6.33.